The predicted octanol–water partition coefficient (Wildman–Crippen LogP) is 2.02. The fourth-order valence-electron chi connectivity index (χ4n) is 2.54. The van der Waals surface area contributed by atoms with Crippen LogP contribution in [-0.2, 0) is 0 Å². The number of nitrogens with one attached hydrogen (secondary N) is 1. The van der Waals surface area contributed by atoms with Gasteiger partial charge in [0.25, 0.3) is 0 Å². The summed E-state index contributed by atoms with van der Waals surface area (Å²) in [6, 6.07) is 1.88. The Morgan fingerprint density at radius 3 is 2.71 bits per heavy atom. The molecule has 0 saturated heterocycles. The third kappa shape index (κ3) is 3.09. The van der Waals surface area contributed by atoms with Gasteiger partial charge in [0, 0.05) is 18.2 Å². The Labute approximate surface area is 102 Å². The number of aliphatic hydroxyl groups excluding tert-OH is 1. The Kier molecular flexibility index (Phi) is 3.84. The van der Waals surface area contributed by atoms with Gasteiger partial charge in [-0.15, -0.1) is 0 Å². The highest BCUT2D eigenvalue weighted by Crippen LogP contribution is 2.35. The fourth-order valence-corrected chi connectivity index (χ4v) is 2.54. The highest BCUT2D eigenvalue weighted by Gasteiger charge is 2.31. The lowest BCUT2D eigenvalue weighted by molar-refractivity contribution is 0.0944. The molecule has 4 N–H and O–H groups in total. The van der Waals surface area contributed by atoms with Crippen molar-refractivity contribution >= 4 is 11.4 Å². The maximum atomic E-state index is 9.59. The Morgan fingerprint density at radius 2 is 2.06 bits per heavy atom. The Morgan fingerprint density at radius 1 is 1.29 bits per heavy atom. The number of hydrogen-bond donors (Lipinski definition) is 3. The van der Waals surface area contributed by atoms with Crippen LogP contribution in [0.3, 0.4) is 0 Å². The maximum Gasteiger partial charge on any atom is 0.0547 e. The summed E-state index contributed by atoms with van der Waals surface area (Å²) in [5, 5.41) is 12.9. The van der Waals surface area contributed by atoms with Crippen LogP contribution >= 0.6 is 0 Å². The van der Waals surface area contributed by atoms with Gasteiger partial charge in [0.05, 0.1) is 24.2 Å². The predicted molar refractivity (Wildman–Crippen MR) is 69.7 cm³/mol. The molecule has 0 aromatic carbocycles. The molecule has 17 heavy (non-hydrogen) atoms. The largest absolute Gasteiger partial charge is 0.397 e. The van der Waals surface area contributed by atoms with Gasteiger partial charge < -0.3 is 16.2 Å². The van der Waals surface area contributed by atoms with Crippen LogP contribution in [0.4, 0.5) is 11.4 Å². The second-order valence-corrected chi connectivity index (χ2v) is 5.08. The van der Waals surface area contributed by atoms with E-state index in [-0.39, 0.29) is 12.0 Å². The first-order chi connectivity index (χ1) is 8.24. The van der Waals surface area contributed by atoms with Gasteiger partial charge in [0.2, 0.25) is 0 Å². The van der Waals surface area contributed by atoms with Crippen LogP contribution in [0, 0.1) is 5.41 Å². The van der Waals surface area contributed by atoms with Gasteiger partial charge in [-0.1, -0.05) is 19.3 Å². The summed E-state index contributed by atoms with van der Waals surface area (Å²) in [5.74, 6) is 0. The summed E-state index contributed by atoms with van der Waals surface area (Å²) < 4.78 is 0. The summed E-state index contributed by atoms with van der Waals surface area (Å²) in [4.78, 5) is 4.05. The SMILES string of the molecule is Nc1cncc(NCC2(CO)CCCCC2)c1. The fraction of sp³-hybridized carbons (Fsp3) is 0.615. The molecule has 1 saturated carbocycles. The van der Waals surface area contributed by atoms with E-state index in [0.717, 1.165) is 25.1 Å². The number of aromatic nitrogens is 1. The van der Waals surface area contributed by atoms with E-state index in [2.05, 4.69) is 10.3 Å². The number of nitrogen functional groups attached to an aromatic ring is 1. The Bertz CT molecular complexity index is 361. The monoisotopic (exact) mass is 235 g/mol. The lowest BCUT2D eigenvalue weighted by Gasteiger charge is -2.36. The summed E-state index contributed by atoms with van der Waals surface area (Å²) in [7, 11) is 0. The number of aliphatic hydroxyl groups is 1. The van der Waals surface area contributed by atoms with Gasteiger partial charge in [-0.3, -0.25) is 4.98 Å². The van der Waals surface area contributed by atoms with E-state index in [0.29, 0.717) is 5.69 Å². The Hall–Kier alpha value is -1.29. The van der Waals surface area contributed by atoms with Crippen molar-refractivity contribution in [1.82, 2.24) is 4.98 Å². The van der Waals surface area contributed by atoms with Crippen molar-refractivity contribution in [3.8, 4) is 0 Å². The van der Waals surface area contributed by atoms with Gasteiger partial charge in [0.1, 0.15) is 0 Å². The van der Waals surface area contributed by atoms with Crippen molar-refractivity contribution in [2.75, 3.05) is 24.2 Å². The van der Waals surface area contributed by atoms with Crippen LogP contribution in [0.25, 0.3) is 0 Å². The van der Waals surface area contributed by atoms with Gasteiger partial charge in [0.15, 0.2) is 0 Å². The standard InChI is InChI=1S/C13H21N3O/c14-11-6-12(8-15-7-11)16-9-13(10-17)4-2-1-3-5-13/h6-8,16-17H,1-5,9-10,14H2. The molecule has 4 nitrogen and oxygen atoms in total. The highest BCUT2D eigenvalue weighted by molar-refractivity contribution is 5.51. The summed E-state index contributed by atoms with van der Waals surface area (Å²) in [6.45, 7) is 1.06. The third-order valence-corrected chi connectivity index (χ3v) is 3.68. The van der Waals surface area contributed by atoms with Crippen molar-refractivity contribution in [2.24, 2.45) is 5.41 Å². The quantitative estimate of drug-likeness (QED) is 0.746. The zero-order valence-electron chi connectivity index (χ0n) is 10.2. The zero-order chi connectivity index (χ0) is 12.1. The molecule has 0 aliphatic heterocycles. The number of hydrogen-bond acceptors (Lipinski definition) is 4. The molecule has 1 aromatic rings. The van der Waals surface area contributed by atoms with Gasteiger partial charge in [-0.05, 0) is 18.9 Å². The van der Waals surface area contributed by atoms with E-state index in [1.807, 2.05) is 6.07 Å². The lowest BCUT2D eigenvalue weighted by Crippen LogP contribution is -2.35. The molecule has 0 atom stereocenters. The second-order valence-electron chi connectivity index (χ2n) is 5.08. The summed E-state index contributed by atoms with van der Waals surface area (Å²) >= 11 is 0. The normalized spacial score (nSPS) is 18.9. The van der Waals surface area contributed by atoms with Gasteiger partial charge in [-0.2, -0.15) is 0 Å². The molecule has 1 aromatic heterocycles. The van der Waals surface area contributed by atoms with E-state index in [4.69, 9.17) is 5.73 Å². The van der Waals surface area contributed by atoms with E-state index in [1.54, 1.807) is 12.4 Å². The van der Waals surface area contributed by atoms with Crippen molar-refractivity contribution in [2.45, 2.75) is 32.1 Å². The molecule has 0 amide bonds. The van der Waals surface area contributed by atoms with Crippen LogP contribution in [0.1, 0.15) is 32.1 Å². The lowest BCUT2D eigenvalue weighted by atomic mass is 9.74. The summed E-state index contributed by atoms with van der Waals surface area (Å²) in [5.41, 5.74) is 7.32. The minimum atomic E-state index is 0.0445. The van der Waals surface area contributed by atoms with E-state index in [9.17, 15) is 5.11 Å². The first-order valence-electron chi connectivity index (χ1n) is 6.29. The third-order valence-electron chi connectivity index (χ3n) is 3.68. The molecular weight excluding hydrogens is 214 g/mol. The van der Waals surface area contributed by atoms with Gasteiger partial charge >= 0.3 is 0 Å². The molecule has 1 heterocycles. The molecule has 0 spiro atoms. The second kappa shape index (κ2) is 5.36. The minimum Gasteiger partial charge on any atom is -0.397 e. The van der Waals surface area contributed by atoms with Crippen molar-refractivity contribution < 1.29 is 5.11 Å². The average Bonchev–Trinajstić information content (AvgIpc) is 2.38. The van der Waals surface area contributed by atoms with Crippen LogP contribution in [-0.4, -0.2) is 23.2 Å². The molecule has 1 aliphatic carbocycles. The highest BCUT2D eigenvalue weighted by atomic mass is 16.3. The molecule has 0 radical (unpaired) electrons. The van der Waals surface area contributed by atoms with E-state index >= 15 is 0 Å². The van der Waals surface area contributed by atoms with Crippen LogP contribution < -0.4 is 11.1 Å². The minimum absolute atomic E-state index is 0.0445. The molecule has 94 valence electrons. The van der Waals surface area contributed by atoms with Crippen LogP contribution in [0.2, 0.25) is 0 Å². The van der Waals surface area contributed by atoms with Crippen molar-refractivity contribution in [1.29, 1.82) is 0 Å². The zero-order valence-corrected chi connectivity index (χ0v) is 10.2. The number of rotatable bonds is 4. The first kappa shape index (κ1) is 12.2. The average molecular weight is 235 g/mol. The van der Waals surface area contributed by atoms with Crippen LogP contribution in [0.5, 0.6) is 0 Å². The van der Waals surface area contributed by atoms with Crippen LogP contribution in [0.15, 0.2) is 18.5 Å². The first-order valence-corrected chi connectivity index (χ1v) is 6.29. The van der Waals surface area contributed by atoms with Crippen molar-refractivity contribution in [3.05, 3.63) is 18.5 Å². The number of nitrogens with zero attached hydrogens (tertiary/aromatic N) is 1. The molecule has 1 fully saturated rings. The van der Waals surface area contributed by atoms with E-state index < -0.39 is 0 Å². The molecule has 1 aliphatic rings. The molecule has 2 rings (SSSR count). The Balaban J connectivity index is 1.95. The number of nitrogens with two attached hydrogens (primary N) is 1. The summed E-state index contributed by atoms with van der Waals surface area (Å²) in [6.07, 6.45) is 9.34. The van der Waals surface area contributed by atoms with Gasteiger partial charge in [-0.25, -0.2) is 0 Å². The molecule has 0 unspecified atom stereocenters. The molecular formula is C13H21N3O. The topological polar surface area (TPSA) is 71.2 Å². The van der Waals surface area contributed by atoms with E-state index in [1.165, 1.54) is 19.3 Å². The smallest absolute Gasteiger partial charge is 0.0547 e. The maximum absolute atomic E-state index is 9.59. The molecule has 0 bridgehead atoms. The van der Waals surface area contributed by atoms with Crippen molar-refractivity contribution in [3.63, 3.8) is 0 Å². The molecule has 4 heteroatoms. The number of pyridine rings is 1. The number of anilines is 2.